The summed E-state index contributed by atoms with van der Waals surface area (Å²) in [6.45, 7) is 5.75. The third-order valence-corrected chi connectivity index (χ3v) is 5.66. The zero-order valence-electron chi connectivity index (χ0n) is 17.5. The van der Waals surface area contributed by atoms with Gasteiger partial charge in [0.25, 0.3) is 15.9 Å². The summed E-state index contributed by atoms with van der Waals surface area (Å²) >= 11 is 6.16. The maximum atomic E-state index is 12.6. The van der Waals surface area contributed by atoms with Crippen molar-refractivity contribution < 1.29 is 27.4 Å². The van der Waals surface area contributed by atoms with Gasteiger partial charge in [0.2, 0.25) is 0 Å². The fraction of sp³-hybridized carbons (Fsp3) is 0.381. The molecular weight excluding hydrogens is 444 g/mol. The fourth-order valence-electron chi connectivity index (χ4n) is 2.51. The van der Waals surface area contributed by atoms with Gasteiger partial charge in [0, 0.05) is 25.4 Å². The zero-order valence-corrected chi connectivity index (χ0v) is 19.1. The van der Waals surface area contributed by atoms with Crippen molar-refractivity contribution in [2.45, 2.75) is 25.2 Å². The summed E-state index contributed by atoms with van der Waals surface area (Å²) in [4.78, 5) is 11.8. The number of hydrogen-bond acceptors (Lipinski definition) is 6. The van der Waals surface area contributed by atoms with Crippen LogP contribution in [0.4, 0.5) is 5.69 Å². The van der Waals surface area contributed by atoms with Crippen molar-refractivity contribution in [2.24, 2.45) is 0 Å². The van der Waals surface area contributed by atoms with Crippen molar-refractivity contribution in [3.05, 3.63) is 47.5 Å². The van der Waals surface area contributed by atoms with Gasteiger partial charge in [0.05, 0.1) is 16.5 Å². The molecule has 0 radical (unpaired) electrons. The number of amides is 1. The average Bonchev–Trinajstić information content (AvgIpc) is 2.74. The quantitative estimate of drug-likeness (QED) is 0.434. The summed E-state index contributed by atoms with van der Waals surface area (Å²) in [6, 6.07) is 10.6. The Morgan fingerprint density at radius 2 is 1.77 bits per heavy atom. The number of rotatable bonds is 13. The van der Waals surface area contributed by atoms with E-state index in [1.54, 1.807) is 24.3 Å². The van der Waals surface area contributed by atoms with Gasteiger partial charge in [-0.15, -0.1) is 0 Å². The van der Waals surface area contributed by atoms with Gasteiger partial charge in [0.15, 0.2) is 6.61 Å². The van der Waals surface area contributed by atoms with Crippen molar-refractivity contribution in [2.75, 3.05) is 37.7 Å². The number of halogens is 1. The van der Waals surface area contributed by atoms with E-state index in [0.29, 0.717) is 44.2 Å². The molecule has 0 saturated heterocycles. The smallest absolute Gasteiger partial charge is 0.261 e. The molecule has 2 aromatic rings. The van der Waals surface area contributed by atoms with Crippen molar-refractivity contribution in [1.82, 2.24) is 5.32 Å². The fourth-order valence-corrected chi connectivity index (χ4v) is 3.89. The second-order valence-electron chi connectivity index (χ2n) is 6.34. The molecule has 0 unspecified atom stereocenters. The minimum atomic E-state index is -3.85. The second kappa shape index (κ2) is 12.4. The predicted octanol–water partition coefficient (Wildman–Crippen LogP) is 3.46. The van der Waals surface area contributed by atoms with Crippen molar-refractivity contribution >= 4 is 33.2 Å². The molecule has 0 heterocycles. The lowest BCUT2D eigenvalue weighted by Crippen LogP contribution is -2.30. The third kappa shape index (κ3) is 8.28. The number of nitrogens with one attached hydrogen (secondary N) is 2. The standard InChI is InChI=1S/C21H27ClN2O6S/c1-3-28-13-5-12-23-21(25)15-30-20-11-10-18(14-19(20)22)31(26,27)24-16-6-8-17(9-7-16)29-4-2/h6-11,14,24H,3-5,12-13,15H2,1-2H3,(H,23,25). The maximum Gasteiger partial charge on any atom is 0.261 e. The predicted molar refractivity (Wildman–Crippen MR) is 119 cm³/mol. The highest BCUT2D eigenvalue weighted by Gasteiger charge is 2.17. The number of benzene rings is 2. The number of carbonyl (C=O) groups excluding carboxylic acids is 1. The van der Waals surface area contributed by atoms with E-state index >= 15 is 0 Å². The normalized spacial score (nSPS) is 11.1. The largest absolute Gasteiger partial charge is 0.494 e. The lowest BCUT2D eigenvalue weighted by atomic mass is 10.3. The van der Waals surface area contributed by atoms with Crippen LogP contribution in [0.2, 0.25) is 5.02 Å². The summed E-state index contributed by atoms with van der Waals surface area (Å²) in [7, 11) is -3.85. The first kappa shape index (κ1) is 24.8. The Kier molecular flexibility index (Phi) is 9.90. The van der Waals surface area contributed by atoms with Crippen molar-refractivity contribution in [3.63, 3.8) is 0 Å². The minimum absolute atomic E-state index is 0.0286. The van der Waals surface area contributed by atoms with Crippen LogP contribution < -0.4 is 19.5 Å². The summed E-state index contributed by atoms with van der Waals surface area (Å²) in [5, 5.41) is 2.79. The first-order valence-corrected chi connectivity index (χ1v) is 11.7. The summed E-state index contributed by atoms with van der Waals surface area (Å²) in [5.74, 6) is 0.556. The monoisotopic (exact) mass is 470 g/mol. The van der Waals surface area contributed by atoms with Crippen LogP contribution >= 0.6 is 11.6 Å². The third-order valence-electron chi connectivity index (χ3n) is 3.98. The molecule has 2 aromatic carbocycles. The second-order valence-corrected chi connectivity index (χ2v) is 8.43. The topological polar surface area (TPSA) is 103 Å². The lowest BCUT2D eigenvalue weighted by Gasteiger charge is -2.12. The van der Waals surface area contributed by atoms with E-state index in [4.69, 9.17) is 25.8 Å². The molecule has 0 aliphatic heterocycles. The van der Waals surface area contributed by atoms with E-state index in [2.05, 4.69) is 10.0 Å². The highest BCUT2D eigenvalue weighted by Crippen LogP contribution is 2.28. The van der Waals surface area contributed by atoms with Crippen LogP contribution in [0.25, 0.3) is 0 Å². The van der Waals surface area contributed by atoms with Gasteiger partial charge >= 0.3 is 0 Å². The van der Waals surface area contributed by atoms with Crippen LogP contribution in [0.3, 0.4) is 0 Å². The molecule has 0 aliphatic carbocycles. The number of ether oxygens (including phenoxy) is 3. The highest BCUT2D eigenvalue weighted by atomic mass is 35.5. The molecular formula is C21H27ClN2O6S. The summed E-state index contributed by atoms with van der Waals surface area (Å²) < 4.78 is 43.6. The molecule has 0 spiro atoms. The van der Waals surface area contributed by atoms with Crippen LogP contribution in [0.1, 0.15) is 20.3 Å². The molecule has 0 aliphatic rings. The van der Waals surface area contributed by atoms with E-state index in [0.717, 1.165) is 0 Å². The van der Waals surface area contributed by atoms with Gasteiger partial charge in [-0.1, -0.05) is 11.6 Å². The maximum absolute atomic E-state index is 12.6. The van der Waals surface area contributed by atoms with E-state index < -0.39 is 10.0 Å². The molecule has 31 heavy (non-hydrogen) atoms. The molecule has 0 atom stereocenters. The molecule has 0 bridgehead atoms. The van der Waals surface area contributed by atoms with Gasteiger partial charge < -0.3 is 19.5 Å². The molecule has 170 valence electrons. The van der Waals surface area contributed by atoms with E-state index in [1.807, 2.05) is 13.8 Å². The minimum Gasteiger partial charge on any atom is -0.494 e. The van der Waals surface area contributed by atoms with Crippen molar-refractivity contribution in [3.8, 4) is 11.5 Å². The number of hydrogen-bond donors (Lipinski definition) is 2. The van der Waals surface area contributed by atoms with E-state index in [1.165, 1.54) is 18.2 Å². The average molecular weight is 471 g/mol. The molecule has 0 aromatic heterocycles. The Balaban J connectivity index is 1.92. The summed E-state index contributed by atoms with van der Waals surface area (Å²) in [6.07, 6.45) is 0.703. The molecule has 2 rings (SSSR count). The molecule has 0 fully saturated rings. The lowest BCUT2D eigenvalue weighted by molar-refractivity contribution is -0.123. The Bertz CT molecular complexity index is 951. The SMILES string of the molecule is CCOCCCNC(=O)COc1ccc(S(=O)(=O)Nc2ccc(OCC)cc2)cc1Cl. The number of anilines is 1. The van der Waals surface area contributed by atoms with Gasteiger partial charge in [-0.05, 0) is 62.7 Å². The Morgan fingerprint density at radius 3 is 2.42 bits per heavy atom. The van der Waals surface area contributed by atoms with E-state index in [-0.39, 0.29) is 28.2 Å². The van der Waals surface area contributed by atoms with Gasteiger partial charge in [-0.2, -0.15) is 0 Å². The first-order valence-electron chi connectivity index (χ1n) is 9.88. The molecule has 2 N–H and O–H groups in total. The number of carbonyl (C=O) groups is 1. The molecule has 8 nitrogen and oxygen atoms in total. The van der Waals surface area contributed by atoms with Crippen LogP contribution in [-0.4, -0.2) is 47.3 Å². The van der Waals surface area contributed by atoms with Crippen LogP contribution in [-0.2, 0) is 19.6 Å². The van der Waals surface area contributed by atoms with E-state index in [9.17, 15) is 13.2 Å². The highest BCUT2D eigenvalue weighted by molar-refractivity contribution is 7.92. The van der Waals surface area contributed by atoms with Gasteiger partial charge in [-0.3, -0.25) is 9.52 Å². The number of sulfonamides is 1. The van der Waals surface area contributed by atoms with Crippen LogP contribution in [0.15, 0.2) is 47.4 Å². The Hall–Kier alpha value is -2.49. The van der Waals surface area contributed by atoms with Crippen LogP contribution in [0, 0.1) is 0 Å². The van der Waals surface area contributed by atoms with Gasteiger partial charge in [-0.25, -0.2) is 8.42 Å². The molecule has 10 heteroatoms. The zero-order chi connectivity index (χ0) is 22.7. The molecule has 1 amide bonds. The Labute approximate surface area is 187 Å². The molecule has 0 saturated carbocycles. The first-order chi connectivity index (χ1) is 14.9. The Morgan fingerprint density at radius 1 is 1.03 bits per heavy atom. The van der Waals surface area contributed by atoms with Crippen LogP contribution in [0.5, 0.6) is 11.5 Å². The van der Waals surface area contributed by atoms with Crippen molar-refractivity contribution in [1.29, 1.82) is 0 Å². The van der Waals surface area contributed by atoms with Gasteiger partial charge in [0.1, 0.15) is 11.5 Å². The summed E-state index contributed by atoms with van der Waals surface area (Å²) in [5.41, 5.74) is 0.390.